The molecule has 5 nitrogen and oxygen atoms in total. The summed E-state index contributed by atoms with van der Waals surface area (Å²) >= 11 is 0. The lowest BCUT2D eigenvalue weighted by Gasteiger charge is -2.25. The third-order valence-corrected chi connectivity index (χ3v) is 4.06. The first kappa shape index (κ1) is 17.0. The van der Waals surface area contributed by atoms with E-state index in [9.17, 15) is 9.59 Å². The van der Waals surface area contributed by atoms with E-state index < -0.39 is 11.5 Å². The van der Waals surface area contributed by atoms with E-state index in [4.69, 9.17) is 9.84 Å². The third-order valence-electron chi connectivity index (χ3n) is 4.06. The molecule has 1 aliphatic rings. The summed E-state index contributed by atoms with van der Waals surface area (Å²) in [6.45, 7) is 1.44. The number of ether oxygens (including phenoxy) is 1. The smallest absolute Gasteiger partial charge is 0.331 e. The van der Waals surface area contributed by atoms with Crippen LogP contribution in [0.15, 0.2) is 0 Å². The molecule has 0 aromatic carbocycles. The summed E-state index contributed by atoms with van der Waals surface area (Å²) in [6.07, 6.45) is 8.80. The van der Waals surface area contributed by atoms with Crippen LogP contribution in [-0.2, 0) is 14.3 Å². The maximum Gasteiger partial charge on any atom is 0.331 e. The highest BCUT2D eigenvalue weighted by Crippen LogP contribution is 2.27. The molecular weight excluding hydrogens is 258 g/mol. The van der Waals surface area contributed by atoms with Gasteiger partial charge in [-0.15, -0.1) is 0 Å². The molecule has 0 saturated heterocycles. The van der Waals surface area contributed by atoms with Gasteiger partial charge < -0.3 is 15.2 Å². The fraction of sp³-hybridized carbons (Fsp3) is 0.867. The van der Waals surface area contributed by atoms with E-state index in [1.54, 1.807) is 0 Å². The van der Waals surface area contributed by atoms with Crippen LogP contribution in [0.25, 0.3) is 0 Å². The van der Waals surface area contributed by atoms with Crippen molar-refractivity contribution in [3.63, 3.8) is 0 Å². The SMILES string of the molecule is COCC(C)(NC(=O)CCCC1CCCCC1)C(=O)O. The number of amides is 1. The fourth-order valence-corrected chi connectivity index (χ4v) is 2.84. The molecule has 1 atom stereocenters. The number of carbonyl (C=O) groups is 2. The first-order valence-electron chi connectivity index (χ1n) is 7.51. The molecule has 2 N–H and O–H groups in total. The molecular formula is C15H27NO4. The molecule has 0 spiro atoms. The van der Waals surface area contributed by atoms with Crippen molar-refractivity contribution in [3.8, 4) is 0 Å². The Morgan fingerprint density at radius 1 is 1.30 bits per heavy atom. The quantitative estimate of drug-likeness (QED) is 0.717. The lowest BCUT2D eigenvalue weighted by atomic mass is 9.86. The Balaban J connectivity index is 2.29. The van der Waals surface area contributed by atoms with Crippen LogP contribution in [0.5, 0.6) is 0 Å². The van der Waals surface area contributed by atoms with Gasteiger partial charge in [-0.25, -0.2) is 4.79 Å². The molecule has 1 aliphatic carbocycles. The Kier molecular flexibility index (Phi) is 6.99. The van der Waals surface area contributed by atoms with E-state index in [0.717, 1.165) is 18.8 Å². The van der Waals surface area contributed by atoms with Gasteiger partial charge in [-0.3, -0.25) is 4.79 Å². The summed E-state index contributed by atoms with van der Waals surface area (Å²) in [4.78, 5) is 23.0. The highest BCUT2D eigenvalue weighted by molar-refractivity contribution is 5.86. The molecule has 1 unspecified atom stereocenters. The first-order valence-corrected chi connectivity index (χ1v) is 7.51. The van der Waals surface area contributed by atoms with Crippen LogP contribution in [0.4, 0.5) is 0 Å². The normalized spacial score (nSPS) is 19.3. The van der Waals surface area contributed by atoms with Crippen molar-refractivity contribution in [2.45, 2.75) is 63.8 Å². The van der Waals surface area contributed by atoms with E-state index >= 15 is 0 Å². The second kappa shape index (κ2) is 8.25. The van der Waals surface area contributed by atoms with Crippen molar-refractivity contribution in [2.75, 3.05) is 13.7 Å². The van der Waals surface area contributed by atoms with Crippen LogP contribution in [0, 0.1) is 5.92 Å². The van der Waals surface area contributed by atoms with Gasteiger partial charge in [-0.2, -0.15) is 0 Å². The highest BCUT2D eigenvalue weighted by Gasteiger charge is 2.34. The van der Waals surface area contributed by atoms with Gasteiger partial charge in [0.2, 0.25) is 5.91 Å². The number of rotatable bonds is 8. The molecule has 0 aromatic heterocycles. The van der Waals surface area contributed by atoms with Crippen LogP contribution in [-0.4, -0.2) is 36.2 Å². The Labute approximate surface area is 121 Å². The minimum absolute atomic E-state index is 0.0311. The predicted molar refractivity (Wildman–Crippen MR) is 76.5 cm³/mol. The van der Waals surface area contributed by atoms with Crippen LogP contribution in [0.3, 0.4) is 0 Å². The molecule has 116 valence electrons. The molecule has 1 fully saturated rings. The Morgan fingerprint density at radius 2 is 1.95 bits per heavy atom. The summed E-state index contributed by atoms with van der Waals surface area (Å²) < 4.78 is 4.87. The number of hydrogen-bond donors (Lipinski definition) is 2. The van der Waals surface area contributed by atoms with Crippen molar-refractivity contribution in [3.05, 3.63) is 0 Å². The molecule has 20 heavy (non-hydrogen) atoms. The first-order chi connectivity index (χ1) is 9.48. The minimum atomic E-state index is -1.34. The van der Waals surface area contributed by atoms with Crippen molar-refractivity contribution < 1.29 is 19.4 Å². The van der Waals surface area contributed by atoms with Crippen molar-refractivity contribution >= 4 is 11.9 Å². The molecule has 0 aromatic rings. The van der Waals surface area contributed by atoms with Gasteiger partial charge in [0.1, 0.15) is 0 Å². The summed E-state index contributed by atoms with van der Waals surface area (Å²) in [6, 6.07) is 0. The monoisotopic (exact) mass is 285 g/mol. The molecule has 1 amide bonds. The van der Waals surface area contributed by atoms with E-state index in [1.165, 1.54) is 46.1 Å². The zero-order chi connectivity index (χ0) is 15.0. The number of nitrogens with one attached hydrogen (secondary N) is 1. The van der Waals surface area contributed by atoms with Gasteiger partial charge in [0.25, 0.3) is 0 Å². The van der Waals surface area contributed by atoms with E-state index in [1.807, 2.05) is 0 Å². The second-order valence-electron chi connectivity index (χ2n) is 6.01. The molecule has 0 bridgehead atoms. The summed E-state index contributed by atoms with van der Waals surface area (Å²) in [5.41, 5.74) is -1.34. The van der Waals surface area contributed by atoms with Gasteiger partial charge >= 0.3 is 5.97 Å². The van der Waals surface area contributed by atoms with Crippen molar-refractivity contribution in [1.82, 2.24) is 5.32 Å². The molecule has 0 aliphatic heterocycles. The van der Waals surface area contributed by atoms with Crippen LogP contribution in [0.1, 0.15) is 58.3 Å². The highest BCUT2D eigenvalue weighted by atomic mass is 16.5. The summed E-state index contributed by atoms with van der Waals surface area (Å²) in [5, 5.41) is 11.7. The van der Waals surface area contributed by atoms with E-state index in [2.05, 4.69) is 5.32 Å². The number of hydrogen-bond acceptors (Lipinski definition) is 3. The fourth-order valence-electron chi connectivity index (χ4n) is 2.84. The Bertz CT molecular complexity index is 326. The standard InChI is InChI=1S/C15H27NO4/c1-15(11-20-2,14(18)19)16-13(17)10-6-9-12-7-4-3-5-8-12/h12H,3-11H2,1-2H3,(H,16,17)(H,18,19). The zero-order valence-electron chi connectivity index (χ0n) is 12.6. The largest absolute Gasteiger partial charge is 0.479 e. The average Bonchev–Trinajstić information content (AvgIpc) is 2.40. The number of carboxylic acids is 1. The van der Waals surface area contributed by atoms with Gasteiger partial charge in [0.05, 0.1) is 6.61 Å². The van der Waals surface area contributed by atoms with Crippen LogP contribution < -0.4 is 5.32 Å². The van der Waals surface area contributed by atoms with E-state index in [-0.39, 0.29) is 12.5 Å². The topological polar surface area (TPSA) is 75.6 Å². The molecule has 0 radical (unpaired) electrons. The minimum Gasteiger partial charge on any atom is -0.479 e. The van der Waals surface area contributed by atoms with Gasteiger partial charge in [0, 0.05) is 13.5 Å². The average molecular weight is 285 g/mol. The van der Waals surface area contributed by atoms with Crippen molar-refractivity contribution in [2.24, 2.45) is 5.92 Å². The van der Waals surface area contributed by atoms with Crippen molar-refractivity contribution in [1.29, 1.82) is 0 Å². The Morgan fingerprint density at radius 3 is 2.50 bits per heavy atom. The molecule has 5 heteroatoms. The van der Waals surface area contributed by atoms with Gasteiger partial charge in [-0.1, -0.05) is 32.1 Å². The number of carboxylic acid groups (broad SMARTS) is 1. The molecule has 0 heterocycles. The van der Waals surface area contributed by atoms with Crippen LogP contribution >= 0.6 is 0 Å². The zero-order valence-corrected chi connectivity index (χ0v) is 12.6. The molecule has 1 rings (SSSR count). The van der Waals surface area contributed by atoms with E-state index in [0.29, 0.717) is 6.42 Å². The lowest BCUT2D eigenvalue weighted by molar-refractivity contribution is -0.149. The lowest BCUT2D eigenvalue weighted by Crippen LogP contribution is -2.55. The van der Waals surface area contributed by atoms with Crippen LogP contribution in [0.2, 0.25) is 0 Å². The second-order valence-corrected chi connectivity index (χ2v) is 6.01. The van der Waals surface area contributed by atoms with Gasteiger partial charge in [-0.05, 0) is 25.7 Å². The Hall–Kier alpha value is -1.10. The maximum atomic E-state index is 11.8. The number of aliphatic carboxylic acids is 1. The number of carbonyl (C=O) groups excluding carboxylic acids is 1. The summed E-state index contributed by atoms with van der Waals surface area (Å²) in [5.74, 6) is -0.524. The third kappa shape index (κ3) is 5.49. The van der Waals surface area contributed by atoms with Gasteiger partial charge in [0.15, 0.2) is 5.54 Å². The molecule has 1 saturated carbocycles. The maximum absolute atomic E-state index is 11.8. The predicted octanol–water partition coefficient (Wildman–Crippen LogP) is 2.34. The number of methoxy groups -OCH3 is 1. The summed E-state index contributed by atoms with van der Waals surface area (Å²) in [7, 11) is 1.43.